The van der Waals surface area contributed by atoms with E-state index in [0.717, 1.165) is 23.7 Å². The molecule has 0 radical (unpaired) electrons. The summed E-state index contributed by atoms with van der Waals surface area (Å²) >= 11 is 1.87. The first kappa shape index (κ1) is 12.2. The Labute approximate surface area is 94.2 Å². The van der Waals surface area contributed by atoms with Crippen LogP contribution < -0.4 is 10.1 Å². The molecule has 0 spiro atoms. The van der Waals surface area contributed by atoms with Crippen LogP contribution in [0.4, 0.5) is 10.1 Å². The van der Waals surface area contributed by atoms with E-state index in [1.807, 2.05) is 11.8 Å². The Hall–Kier alpha value is -0.900. The van der Waals surface area contributed by atoms with E-state index in [4.69, 9.17) is 4.74 Å². The molecule has 1 N–H and O–H groups in total. The summed E-state index contributed by atoms with van der Waals surface area (Å²) in [6.07, 6.45) is 0. The summed E-state index contributed by atoms with van der Waals surface area (Å²) in [5.74, 6) is 2.43. The van der Waals surface area contributed by atoms with Gasteiger partial charge in [0, 0.05) is 18.4 Å². The summed E-state index contributed by atoms with van der Waals surface area (Å²) < 4.78 is 17.9. The maximum Gasteiger partial charge on any atom is 0.144 e. The normalized spacial score (nSPS) is 10.1. The molecule has 1 aromatic rings. The molecule has 0 fully saturated rings. The number of halogens is 1. The zero-order valence-electron chi connectivity index (χ0n) is 9.05. The van der Waals surface area contributed by atoms with Crippen molar-refractivity contribution in [3.05, 3.63) is 24.0 Å². The molecular weight excluding hydrogens is 213 g/mol. The lowest BCUT2D eigenvalue weighted by atomic mass is 10.3. The average Bonchev–Trinajstić information content (AvgIpc) is 2.26. The Kier molecular flexibility index (Phi) is 5.32. The number of hydrogen-bond donors (Lipinski definition) is 1. The molecule has 0 aromatic heterocycles. The van der Waals surface area contributed by atoms with E-state index < -0.39 is 0 Å². The number of anilines is 1. The van der Waals surface area contributed by atoms with E-state index in [2.05, 4.69) is 12.2 Å². The lowest BCUT2D eigenvalue weighted by molar-refractivity contribution is 0.413. The van der Waals surface area contributed by atoms with Gasteiger partial charge in [-0.2, -0.15) is 11.8 Å². The van der Waals surface area contributed by atoms with Gasteiger partial charge in [-0.15, -0.1) is 0 Å². The van der Waals surface area contributed by atoms with E-state index in [-0.39, 0.29) is 5.82 Å². The van der Waals surface area contributed by atoms with Gasteiger partial charge in [0.05, 0.1) is 12.8 Å². The van der Waals surface area contributed by atoms with Crippen molar-refractivity contribution >= 4 is 17.4 Å². The van der Waals surface area contributed by atoms with Crippen molar-refractivity contribution < 1.29 is 9.13 Å². The third-order valence-corrected chi connectivity index (χ3v) is 2.83. The van der Waals surface area contributed by atoms with Gasteiger partial charge in [0.15, 0.2) is 0 Å². The molecule has 0 aliphatic carbocycles. The molecule has 84 valence electrons. The van der Waals surface area contributed by atoms with Crippen molar-refractivity contribution in [2.75, 3.05) is 30.5 Å². The zero-order chi connectivity index (χ0) is 11.1. The molecule has 2 nitrogen and oxygen atoms in total. The Morgan fingerprint density at radius 3 is 2.93 bits per heavy atom. The molecular formula is C11H16FNOS. The molecule has 0 atom stereocenters. The van der Waals surface area contributed by atoms with Crippen molar-refractivity contribution in [1.82, 2.24) is 0 Å². The van der Waals surface area contributed by atoms with Crippen molar-refractivity contribution in [3.8, 4) is 5.75 Å². The minimum atomic E-state index is -0.277. The predicted octanol–water partition coefficient (Wildman–Crippen LogP) is 3.00. The minimum Gasteiger partial charge on any atom is -0.494 e. The largest absolute Gasteiger partial charge is 0.494 e. The second-order valence-corrected chi connectivity index (χ2v) is 4.36. The van der Waals surface area contributed by atoms with Gasteiger partial charge >= 0.3 is 0 Å². The Morgan fingerprint density at radius 2 is 2.27 bits per heavy atom. The molecule has 0 amide bonds. The zero-order valence-corrected chi connectivity index (χ0v) is 9.86. The van der Waals surface area contributed by atoms with Gasteiger partial charge in [0.1, 0.15) is 11.6 Å². The number of benzene rings is 1. The van der Waals surface area contributed by atoms with Gasteiger partial charge < -0.3 is 10.1 Å². The van der Waals surface area contributed by atoms with Gasteiger partial charge in [-0.05, 0) is 17.9 Å². The SMILES string of the molecule is CCSCCNc1ccc(F)cc1OC. The third-order valence-electron chi connectivity index (χ3n) is 1.93. The van der Waals surface area contributed by atoms with Gasteiger partial charge in [-0.1, -0.05) is 6.92 Å². The van der Waals surface area contributed by atoms with E-state index in [1.165, 1.54) is 12.1 Å². The highest BCUT2D eigenvalue weighted by Crippen LogP contribution is 2.24. The Morgan fingerprint density at radius 1 is 1.47 bits per heavy atom. The molecule has 0 saturated carbocycles. The van der Waals surface area contributed by atoms with Gasteiger partial charge in [-0.3, -0.25) is 0 Å². The second kappa shape index (κ2) is 6.56. The van der Waals surface area contributed by atoms with E-state index >= 15 is 0 Å². The molecule has 15 heavy (non-hydrogen) atoms. The summed E-state index contributed by atoms with van der Waals surface area (Å²) in [6.45, 7) is 2.99. The van der Waals surface area contributed by atoms with Crippen LogP contribution in [0.25, 0.3) is 0 Å². The van der Waals surface area contributed by atoms with Crippen LogP contribution in [0.15, 0.2) is 18.2 Å². The maximum absolute atomic E-state index is 12.9. The lowest BCUT2D eigenvalue weighted by Gasteiger charge is -2.10. The van der Waals surface area contributed by atoms with E-state index in [9.17, 15) is 4.39 Å². The fraction of sp³-hybridized carbons (Fsp3) is 0.455. The number of nitrogens with one attached hydrogen (secondary N) is 1. The fourth-order valence-electron chi connectivity index (χ4n) is 1.21. The minimum absolute atomic E-state index is 0.277. The molecule has 0 aliphatic rings. The van der Waals surface area contributed by atoms with Crippen LogP contribution in [0.3, 0.4) is 0 Å². The summed E-state index contributed by atoms with van der Waals surface area (Å²) in [5, 5.41) is 3.21. The van der Waals surface area contributed by atoms with E-state index in [1.54, 1.807) is 13.2 Å². The number of thioether (sulfide) groups is 1. The van der Waals surface area contributed by atoms with Crippen LogP contribution in [-0.2, 0) is 0 Å². The van der Waals surface area contributed by atoms with Gasteiger partial charge in [0.2, 0.25) is 0 Å². The van der Waals surface area contributed by atoms with Crippen molar-refractivity contribution in [3.63, 3.8) is 0 Å². The summed E-state index contributed by atoms with van der Waals surface area (Å²) in [7, 11) is 1.54. The molecule has 0 heterocycles. The standard InChI is InChI=1S/C11H16FNOS/c1-3-15-7-6-13-10-5-4-9(12)8-11(10)14-2/h4-5,8,13H,3,6-7H2,1-2H3. The Bertz CT molecular complexity index is 307. The monoisotopic (exact) mass is 229 g/mol. The Balaban J connectivity index is 2.52. The average molecular weight is 229 g/mol. The summed E-state index contributed by atoms with van der Waals surface area (Å²) in [6, 6.07) is 4.51. The van der Waals surface area contributed by atoms with Crippen molar-refractivity contribution in [2.24, 2.45) is 0 Å². The summed E-state index contributed by atoms with van der Waals surface area (Å²) in [4.78, 5) is 0. The first-order valence-corrected chi connectivity index (χ1v) is 6.08. The molecule has 4 heteroatoms. The van der Waals surface area contributed by atoms with Crippen LogP contribution in [0.2, 0.25) is 0 Å². The van der Waals surface area contributed by atoms with Crippen molar-refractivity contribution in [1.29, 1.82) is 0 Å². The second-order valence-electron chi connectivity index (χ2n) is 2.97. The highest BCUT2D eigenvalue weighted by molar-refractivity contribution is 7.99. The van der Waals surface area contributed by atoms with Gasteiger partial charge in [-0.25, -0.2) is 4.39 Å². The smallest absolute Gasteiger partial charge is 0.144 e. The third kappa shape index (κ3) is 4.00. The molecule has 0 aliphatic heterocycles. The molecule has 0 saturated heterocycles. The first-order chi connectivity index (χ1) is 7.27. The molecule has 1 aromatic carbocycles. The van der Waals surface area contributed by atoms with Crippen LogP contribution >= 0.6 is 11.8 Å². The quantitative estimate of drug-likeness (QED) is 0.758. The van der Waals surface area contributed by atoms with Crippen LogP contribution in [0, 0.1) is 5.82 Å². The van der Waals surface area contributed by atoms with Gasteiger partial charge in [0.25, 0.3) is 0 Å². The maximum atomic E-state index is 12.9. The van der Waals surface area contributed by atoms with Crippen LogP contribution in [0.5, 0.6) is 5.75 Å². The van der Waals surface area contributed by atoms with E-state index in [0.29, 0.717) is 5.75 Å². The highest BCUT2D eigenvalue weighted by atomic mass is 32.2. The molecule has 1 rings (SSSR count). The first-order valence-electron chi connectivity index (χ1n) is 4.93. The predicted molar refractivity (Wildman–Crippen MR) is 64.4 cm³/mol. The topological polar surface area (TPSA) is 21.3 Å². The molecule has 0 unspecified atom stereocenters. The highest BCUT2D eigenvalue weighted by Gasteiger charge is 2.03. The number of rotatable bonds is 6. The van der Waals surface area contributed by atoms with Crippen molar-refractivity contribution in [2.45, 2.75) is 6.92 Å². The number of hydrogen-bond acceptors (Lipinski definition) is 3. The number of ether oxygens (including phenoxy) is 1. The summed E-state index contributed by atoms with van der Waals surface area (Å²) in [5.41, 5.74) is 0.843. The fourth-order valence-corrected chi connectivity index (χ4v) is 1.75. The number of methoxy groups -OCH3 is 1. The molecule has 0 bridgehead atoms. The van der Waals surface area contributed by atoms with Crippen LogP contribution in [0.1, 0.15) is 6.92 Å². The lowest BCUT2D eigenvalue weighted by Crippen LogP contribution is -2.05. The van der Waals surface area contributed by atoms with Crippen LogP contribution in [-0.4, -0.2) is 25.2 Å².